The highest BCUT2D eigenvalue weighted by Gasteiger charge is 2.21. The molecule has 0 amide bonds. The minimum absolute atomic E-state index is 0.308. The molecule has 0 N–H and O–H groups in total. The van der Waals surface area contributed by atoms with Crippen LogP contribution in [0.15, 0.2) is 58.1 Å². The highest BCUT2D eigenvalue weighted by molar-refractivity contribution is 5.80. The number of hydrogen-bond donors (Lipinski definition) is 0. The van der Waals surface area contributed by atoms with Gasteiger partial charge < -0.3 is 9.13 Å². The molecule has 0 saturated heterocycles. The minimum Gasteiger partial charge on any atom is -0.309 e. The van der Waals surface area contributed by atoms with Crippen LogP contribution in [-0.2, 0) is 13.1 Å². The maximum Gasteiger partial charge on any atom is 0.362 e. The van der Waals surface area contributed by atoms with E-state index in [1.807, 2.05) is 64.6 Å². The van der Waals surface area contributed by atoms with Crippen molar-refractivity contribution in [3.05, 3.63) is 69.5 Å². The van der Waals surface area contributed by atoms with Crippen molar-refractivity contribution >= 4 is 27.8 Å². The van der Waals surface area contributed by atoms with E-state index in [-0.39, 0.29) is 0 Å². The number of nitrogens with zero attached hydrogens (tertiary/aromatic N) is 6. The lowest BCUT2D eigenvalue weighted by Crippen LogP contribution is -2.39. The number of hydrogen-bond acceptors (Lipinski definition) is 4. The molecule has 0 saturated carbocycles. The van der Waals surface area contributed by atoms with Crippen LogP contribution in [0.4, 0.5) is 0 Å². The van der Waals surface area contributed by atoms with E-state index in [0.717, 1.165) is 39.5 Å². The van der Waals surface area contributed by atoms with Gasteiger partial charge in [0.15, 0.2) is 0 Å². The van der Waals surface area contributed by atoms with E-state index in [1.165, 1.54) is 4.40 Å². The zero-order valence-corrected chi connectivity index (χ0v) is 16.9. The van der Waals surface area contributed by atoms with E-state index < -0.39 is 11.4 Å². The van der Waals surface area contributed by atoms with Crippen LogP contribution in [0.25, 0.3) is 33.8 Å². The lowest BCUT2D eigenvalue weighted by molar-refractivity contribution is 0.638. The summed E-state index contributed by atoms with van der Waals surface area (Å²) < 4.78 is 6.45. The summed E-state index contributed by atoms with van der Waals surface area (Å²) in [6, 6.07) is 15.3. The molecule has 8 heteroatoms. The molecule has 5 aromatic rings. The second kappa shape index (κ2) is 6.98. The SMILES string of the molecule is CCCn1c(-n2c(=O)nc3n(CCC)c4ccccc4n3c2=O)nc2ccccc21. The first-order valence-corrected chi connectivity index (χ1v) is 10.2. The first-order chi connectivity index (χ1) is 14.7. The smallest absolute Gasteiger partial charge is 0.309 e. The van der Waals surface area contributed by atoms with Crippen LogP contribution in [0.3, 0.4) is 0 Å². The number of imidazole rings is 2. The molecule has 3 aromatic heterocycles. The summed E-state index contributed by atoms with van der Waals surface area (Å²) in [5, 5.41) is 0. The van der Waals surface area contributed by atoms with Gasteiger partial charge >= 0.3 is 11.4 Å². The molecular weight excluding hydrogens is 380 g/mol. The molecule has 30 heavy (non-hydrogen) atoms. The topological polar surface area (TPSA) is 79.1 Å². The Morgan fingerprint density at radius 1 is 0.767 bits per heavy atom. The highest BCUT2D eigenvalue weighted by Crippen LogP contribution is 2.20. The van der Waals surface area contributed by atoms with Gasteiger partial charge in [0.2, 0.25) is 11.7 Å². The molecule has 0 atom stereocenters. The molecule has 8 nitrogen and oxygen atoms in total. The number of para-hydroxylation sites is 4. The molecule has 0 aliphatic heterocycles. The number of aromatic nitrogens is 6. The fraction of sp³-hybridized carbons (Fsp3) is 0.273. The van der Waals surface area contributed by atoms with Crippen LogP contribution in [0.2, 0.25) is 0 Å². The van der Waals surface area contributed by atoms with Crippen molar-refractivity contribution in [3.63, 3.8) is 0 Å². The Balaban J connectivity index is 1.92. The fourth-order valence-corrected chi connectivity index (χ4v) is 4.13. The molecule has 0 aliphatic carbocycles. The third-order valence-electron chi connectivity index (χ3n) is 5.35. The van der Waals surface area contributed by atoms with Crippen molar-refractivity contribution in [2.24, 2.45) is 0 Å². The van der Waals surface area contributed by atoms with Crippen molar-refractivity contribution in [3.8, 4) is 5.95 Å². The summed E-state index contributed by atoms with van der Waals surface area (Å²) in [5.41, 5.74) is 2.16. The molecular formula is C22H22N6O2. The average molecular weight is 402 g/mol. The van der Waals surface area contributed by atoms with Gasteiger partial charge in [0.05, 0.1) is 22.1 Å². The third-order valence-corrected chi connectivity index (χ3v) is 5.35. The van der Waals surface area contributed by atoms with Crippen LogP contribution in [0, 0.1) is 0 Å². The fourth-order valence-electron chi connectivity index (χ4n) is 4.13. The minimum atomic E-state index is -0.618. The van der Waals surface area contributed by atoms with Crippen LogP contribution in [0.5, 0.6) is 0 Å². The van der Waals surface area contributed by atoms with Gasteiger partial charge in [-0.3, -0.25) is 0 Å². The van der Waals surface area contributed by atoms with Gasteiger partial charge in [0, 0.05) is 13.1 Å². The molecule has 152 valence electrons. The molecule has 0 bridgehead atoms. The number of rotatable bonds is 5. The maximum absolute atomic E-state index is 13.6. The molecule has 3 heterocycles. The van der Waals surface area contributed by atoms with E-state index in [2.05, 4.69) is 16.9 Å². The van der Waals surface area contributed by atoms with E-state index in [1.54, 1.807) is 0 Å². The highest BCUT2D eigenvalue weighted by atomic mass is 16.2. The van der Waals surface area contributed by atoms with Crippen molar-refractivity contribution in [1.29, 1.82) is 0 Å². The quantitative estimate of drug-likeness (QED) is 0.453. The van der Waals surface area contributed by atoms with Gasteiger partial charge in [0.1, 0.15) is 0 Å². The summed E-state index contributed by atoms with van der Waals surface area (Å²) in [6.45, 7) is 5.41. The van der Waals surface area contributed by atoms with E-state index in [9.17, 15) is 9.59 Å². The molecule has 0 radical (unpaired) electrons. The summed E-state index contributed by atoms with van der Waals surface area (Å²) in [5.74, 6) is 0.671. The predicted octanol–water partition coefficient (Wildman–Crippen LogP) is 2.97. The predicted molar refractivity (Wildman–Crippen MR) is 116 cm³/mol. The first-order valence-electron chi connectivity index (χ1n) is 10.2. The summed E-state index contributed by atoms with van der Waals surface area (Å²) in [7, 11) is 0. The van der Waals surface area contributed by atoms with Gasteiger partial charge in [0.25, 0.3) is 0 Å². The lowest BCUT2D eigenvalue weighted by atomic mass is 10.3. The Morgan fingerprint density at radius 2 is 1.40 bits per heavy atom. The molecule has 2 aromatic carbocycles. The van der Waals surface area contributed by atoms with Gasteiger partial charge in [-0.2, -0.15) is 9.55 Å². The Hall–Kier alpha value is -3.68. The van der Waals surface area contributed by atoms with Gasteiger partial charge in [-0.05, 0) is 37.1 Å². The van der Waals surface area contributed by atoms with E-state index in [4.69, 9.17) is 0 Å². The average Bonchev–Trinajstić information content (AvgIpc) is 3.25. The van der Waals surface area contributed by atoms with E-state index in [0.29, 0.717) is 24.8 Å². The van der Waals surface area contributed by atoms with Crippen LogP contribution >= 0.6 is 0 Å². The van der Waals surface area contributed by atoms with Gasteiger partial charge in [-0.15, -0.1) is 0 Å². The first kappa shape index (κ1) is 18.4. The Labute approximate surface area is 171 Å². The van der Waals surface area contributed by atoms with Gasteiger partial charge in [-0.25, -0.2) is 19.0 Å². The third kappa shape index (κ3) is 2.53. The number of benzene rings is 2. The van der Waals surface area contributed by atoms with Crippen molar-refractivity contribution in [2.45, 2.75) is 39.8 Å². The summed E-state index contributed by atoms with van der Waals surface area (Å²) in [6.07, 6.45) is 1.70. The van der Waals surface area contributed by atoms with E-state index >= 15 is 0 Å². The second-order valence-corrected chi connectivity index (χ2v) is 7.34. The van der Waals surface area contributed by atoms with Crippen LogP contribution < -0.4 is 11.4 Å². The Morgan fingerprint density at radius 3 is 2.13 bits per heavy atom. The standard InChI is InChI=1S/C22H22N6O2/c1-3-13-25-16-10-6-5-9-15(16)23-19(25)28-21(29)24-20-26(14-4-2)17-11-7-8-12-18(17)27(20)22(28)30/h5-12H,3-4,13-14H2,1-2H3. The zero-order valence-electron chi connectivity index (χ0n) is 16.9. The van der Waals surface area contributed by atoms with Crippen molar-refractivity contribution in [2.75, 3.05) is 0 Å². The Kier molecular flexibility index (Phi) is 4.27. The Bertz CT molecular complexity index is 1520. The summed E-state index contributed by atoms with van der Waals surface area (Å²) in [4.78, 5) is 35.7. The zero-order chi connectivity index (χ0) is 20.8. The molecule has 0 unspecified atom stereocenters. The normalized spacial score (nSPS) is 11.8. The maximum atomic E-state index is 13.6. The number of aryl methyl sites for hydroxylation is 2. The second-order valence-electron chi connectivity index (χ2n) is 7.34. The van der Waals surface area contributed by atoms with Crippen LogP contribution in [-0.4, -0.2) is 28.1 Å². The molecule has 0 aliphatic rings. The van der Waals surface area contributed by atoms with Crippen molar-refractivity contribution in [1.82, 2.24) is 28.1 Å². The monoisotopic (exact) mass is 402 g/mol. The number of fused-ring (bicyclic) bond motifs is 4. The largest absolute Gasteiger partial charge is 0.362 e. The lowest BCUT2D eigenvalue weighted by Gasteiger charge is -2.09. The molecule has 0 spiro atoms. The van der Waals surface area contributed by atoms with Gasteiger partial charge in [-0.1, -0.05) is 38.1 Å². The molecule has 0 fully saturated rings. The van der Waals surface area contributed by atoms with Crippen molar-refractivity contribution < 1.29 is 0 Å². The summed E-state index contributed by atoms with van der Waals surface area (Å²) >= 11 is 0. The van der Waals surface area contributed by atoms with Crippen LogP contribution in [0.1, 0.15) is 26.7 Å². The molecule has 5 rings (SSSR count).